The number of aromatic nitrogens is 1. The van der Waals surface area contributed by atoms with Crippen LogP contribution in [0.1, 0.15) is 5.56 Å². The zero-order valence-electron chi connectivity index (χ0n) is 7.27. The third-order valence-electron chi connectivity index (χ3n) is 1.92. The molecule has 0 radical (unpaired) electrons. The van der Waals surface area contributed by atoms with E-state index in [0.29, 0.717) is 0 Å². The van der Waals surface area contributed by atoms with E-state index in [-0.39, 0.29) is 0 Å². The highest BCUT2D eigenvalue weighted by Crippen LogP contribution is 2.15. The molecule has 0 amide bonds. The SMILES string of the molecule is O=C=NN=Cc1c[nH]c2ccccc12. The van der Waals surface area contributed by atoms with Gasteiger partial charge in [0.1, 0.15) is 0 Å². The molecule has 0 fully saturated rings. The Morgan fingerprint density at radius 2 is 2.21 bits per heavy atom. The van der Waals surface area contributed by atoms with Crippen LogP contribution in [-0.2, 0) is 4.79 Å². The first-order valence-electron chi connectivity index (χ1n) is 4.08. The molecule has 0 saturated heterocycles. The van der Waals surface area contributed by atoms with Gasteiger partial charge in [-0.3, -0.25) is 0 Å². The topological polar surface area (TPSA) is 57.6 Å². The van der Waals surface area contributed by atoms with Crippen molar-refractivity contribution in [1.82, 2.24) is 4.98 Å². The van der Waals surface area contributed by atoms with Gasteiger partial charge in [-0.2, -0.15) is 0 Å². The van der Waals surface area contributed by atoms with Crippen molar-refractivity contribution >= 4 is 23.2 Å². The maximum atomic E-state index is 9.78. The Hall–Kier alpha value is -2.19. The summed E-state index contributed by atoms with van der Waals surface area (Å²) in [6.45, 7) is 0. The van der Waals surface area contributed by atoms with Crippen molar-refractivity contribution in [2.24, 2.45) is 10.2 Å². The second kappa shape index (κ2) is 3.68. The summed E-state index contributed by atoms with van der Waals surface area (Å²) in [5.74, 6) is 0. The van der Waals surface area contributed by atoms with Crippen molar-refractivity contribution in [2.75, 3.05) is 0 Å². The average molecular weight is 185 g/mol. The van der Waals surface area contributed by atoms with Crippen LogP contribution in [0.15, 0.2) is 40.7 Å². The lowest BCUT2D eigenvalue weighted by Gasteiger charge is -1.88. The summed E-state index contributed by atoms with van der Waals surface area (Å²) < 4.78 is 0. The maximum absolute atomic E-state index is 9.78. The Labute approximate surface area is 80.0 Å². The lowest BCUT2D eigenvalue weighted by Crippen LogP contribution is -1.75. The molecule has 2 rings (SSSR count). The number of hydrogen-bond acceptors (Lipinski definition) is 3. The van der Waals surface area contributed by atoms with Crippen molar-refractivity contribution < 1.29 is 4.79 Å². The third-order valence-corrected chi connectivity index (χ3v) is 1.92. The maximum Gasteiger partial charge on any atom is 0.260 e. The molecule has 0 atom stereocenters. The Kier molecular flexibility index (Phi) is 2.21. The molecule has 68 valence electrons. The number of isocyanates is 1. The van der Waals surface area contributed by atoms with E-state index in [1.165, 1.54) is 12.3 Å². The second-order valence-electron chi connectivity index (χ2n) is 2.73. The molecule has 0 aliphatic heterocycles. The normalized spacial score (nSPS) is 10.6. The van der Waals surface area contributed by atoms with Crippen molar-refractivity contribution in [2.45, 2.75) is 0 Å². The summed E-state index contributed by atoms with van der Waals surface area (Å²) >= 11 is 0. The van der Waals surface area contributed by atoms with Gasteiger partial charge in [-0.1, -0.05) is 23.3 Å². The van der Waals surface area contributed by atoms with Gasteiger partial charge in [0, 0.05) is 22.7 Å². The summed E-state index contributed by atoms with van der Waals surface area (Å²) in [6.07, 6.45) is 4.68. The molecular formula is C10H7N3O. The van der Waals surface area contributed by atoms with Crippen LogP contribution in [-0.4, -0.2) is 17.3 Å². The first-order chi connectivity index (χ1) is 6.92. The summed E-state index contributed by atoms with van der Waals surface area (Å²) in [6, 6.07) is 7.83. The van der Waals surface area contributed by atoms with E-state index in [1.54, 1.807) is 0 Å². The number of hydrogen-bond donors (Lipinski definition) is 1. The monoisotopic (exact) mass is 185 g/mol. The Morgan fingerprint density at radius 3 is 3.07 bits per heavy atom. The fraction of sp³-hybridized carbons (Fsp3) is 0. The van der Waals surface area contributed by atoms with Gasteiger partial charge in [-0.15, -0.1) is 5.10 Å². The standard InChI is InChI=1S/C10H7N3O/c14-7-13-12-6-8-5-11-10-4-2-1-3-9(8)10/h1-6,11H. The molecule has 0 bridgehead atoms. The molecule has 0 unspecified atom stereocenters. The van der Waals surface area contributed by atoms with E-state index >= 15 is 0 Å². The number of fused-ring (bicyclic) bond motifs is 1. The second-order valence-corrected chi connectivity index (χ2v) is 2.73. The van der Waals surface area contributed by atoms with Crippen molar-refractivity contribution in [3.63, 3.8) is 0 Å². The number of nitrogens with zero attached hydrogens (tertiary/aromatic N) is 2. The average Bonchev–Trinajstić information content (AvgIpc) is 2.63. The number of rotatable bonds is 2. The first kappa shape index (κ1) is 8.41. The molecule has 1 aromatic heterocycles. The highest BCUT2D eigenvalue weighted by molar-refractivity contribution is 5.98. The van der Waals surface area contributed by atoms with Crippen LogP contribution in [0.3, 0.4) is 0 Å². The van der Waals surface area contributed by atoms with E-state index < -0.39 is 0 Å². The highest BCUT2D eigenvalue weighted by atomic mass is 16.1. The van der Waals surface area contributed by atoms with Crippen molar-refractivity contribution in [3.8, 4) is 0 Å². The zero-order chi connectivity index (χ0) is 9.80. The molecule has 1 heterocycles. The molecule has 1 aromatic carbocycles. The van der Waals surface area contributed by atoms with Gasteiger partial charge in [0.05, 0.1) is 6.21 Å². The van der Waals surface area contributed by atoms with E-state index in [2.05, 4.69) is 15.2 Å². The quantitative estimate of drug-likeness (QED) is 0.433. The van der Waals surface area contributed by atoms with Crippen molar-refractivity contribution in [1.29, 1.82) is 0 Å². The number of para-hydroxylation sites is 1. The summed E-state index contributed by atoms with van der Waals surface area (Å²) in [7, 11) is 0. The molecule has 0 aliphatic carbocycles. The molecule has 4 heteroatoms. The van der Waals surface area contributed by atoms with Gasteiger partial charge in [-0.25, -0.2) is 4.79 Å². The van der Waals surface area contributed by atoms with E-state index in [0.717, 1.165) is 16.5 Å². The smallest absolute Gasteiger partial charge is 0.260 e. The van der Waals surface area contributed by atoms with Crippen LogP contribution in [0.25, 0.3) is 10.9 Å². The molecule has 0 saturated carbocycles. The Balaban J connectivity index is 2.48. The van der Waals surface area contributed by atoms with E-state index in [9.17, 15) is 4.79 Å². The molecule has 2 aromatic rings. The molecule has 0 spiro atoms. The summed E-state index contributed by atoms with van der Waals surface area (Å²) in [5, 5.41) is 7.70. The van der Waals surface area contributed by atoms with Crippen molar-refractivity contribution in [3.05, 3.63) is 36.0 Å². The van der Waals surface area contributed by atoms with Gasteiger partial charge in [0.15, 0.2) is 0 Å². The molecule has 14 heavy (non-hydrogen) atoms. The van der Waals surface area contributed by atoms with E-state index in [1.807, 2.05) is 30.5 Å². The number of H-pyrrole nitrogens is 1. The number of carbonyl (C=O) groups excluding carboxylic acids is 1. The summed E-state index contributed by atoms with van der Waals surface area (Å²) in [4.78, 5) is 12.9. The lowest BCUT2D eigenvalue weighted by molar-refractivity contribution is 0.563. The predicted molar refractivity (Wildman–Crippen MR) is 54.0 cm³/mol. The van der Waals surface area contributed by atoms with Gasteiger partial charge in [0.2, 0.25) is 0 Å². The Morgan fingerprint density at radius 1 is 1.36 bits per heavy atom. The zero-order valence-corrected chi connectivity index (χ0v) is 7.27. The fourth-order valence-corrected chi connectivity index (χ4v) is 1.32. The van der Waals surface area contributed by atoms with Crippen LogP contribution < -0.4 is 0 Å². The molecule has 0 aliphatic rings. The molecular weight excluding hydrogens is 178 g/mol. The van der Waals surface area contributed by atoms with Gasteiger partial charge < -0.3 is 4.98 Å². The number of aromatic amines is 1. The number of nitrogens with one attached hydrogen (secondary N) is 1. The molecule has 1 N–H and O–H groups in total. The Bertz CT molecular complexity index is 521. The van der Waals surface area contributed by atoms with Crippen LogP contribution in [0.2, 0.25) is 0 Å². The third kappa shape index (κ3) is 1.46. The van der Waals surface area contributed by atoms with Crippen LogP contribution in [0, 0.1) is 0 Å². The van der Waals surface area contributed by atoms with Crippen LogP contribution in [0.4, 0.5) is 0 Å². The largest absolute Gasteiger partial charge is 0.361 e. The van der Waals surface area contributed by atoms with Crippen LogP contribution >= 0.6 is 0 Å². The minimum Gasteiger partial charge on any atom is -0.361 e. The number of benzene rings is 1. The molecule has 4 nitrogen and oxygen atoms in total. The van der Waals surface area contributed by atoms with Gasteiger partial charge >= 0.3 is 0 Å². The lowest BCUT2D eigenvalue weighted by atomic mass is 10.2. The summed E-state index contributed by atoms with van der Waals surface area (Å²) in [5.41, 5.74) is 1.93. The van der Waals surface area contributed by atoms with E-state index in [4.69, 9.17) is 0 Å². The van der Waals surface area contributed by atoms with Crippen LogP contribution in [0.5, 0.6) is 0 Å². The fourth-order valence-electron chi connectivity index (χ4n) is 1.32. The predicted octanol–water partition coefficient (Wildman–Crippen LogP) is 1.84. The first-order valence-corrected chi connectivity index (χ1v) is 4.08. The minimum absolute atomic E-state index is 0.902. The highest BCUT2D eigenvalue weighted by Gasteiger charge is 1.98. The van der Waals surface area contributed by atoms with Gasteiger partial charge in [0.25, 0.3) is 6.08 Å². The van der Waals surface area contributed by atoms with Gasteiger partial charge in [-0.05, 0) is 6.07 Å². The minimum atomic E-state index is 0.902.